The number of ether oxygens (including phenoxy) is 2. The Morgan fingerprint density at radius 1 is 1.36 bits per heavy atom. The Balaban J connectivity index is 2.05. The Kier molecular flexibility index (Phi) is 4.84. The van der Waals surface area contributed by atoms with Crippen LogP contribution in [-0.2, 0) is 4.74 Å². The van der Waals surface area contributed by atoms with E-state index in [1.807, 2.05) is 23.7 Å². The van der Waals surface area contributed by atoms with Gasteiger partial charge in [-0.3, -0.25) is 0 Å². The van der Waals surface area contributed by atoms with Crippen molar-refractivity contribution in [1.82, 2.24) is 4.57 Å². The third-order valence-corrected chi connectivity index (χ3v) is 4.46. The van der Waals surface area contributed by atoms with E-state index in [1.165, 1.54) is 13.2 Å². The molecule has 0 bridgehead atoms. The fourth-order valence-corrected chi connectivity index (χ4v) is 3.16. The summed E-state index contributed by atoms with van der Waals surface area (Å²) in [7, 11) is 1.46. The summed E-state index contributed by atoms with van der Waals surface area (Å²) in [5.41, 5.74) is 2.12. The zero-order valence-corrected chi connectivity index (χ0v) is 14.1. The predicted molar refractivity (Wildman–Crippen MR) is 93.3 cm³/mol. The normalized spacial score (nSPS) is 10.4. The second-order valence-electron chi connectivity index (χ2n) is 5.12. The molecule has 3 aromatic rings. The predicted octanol–water partition coefficient (Wildman–Crippen LogP) is 3.76. The quantitative estimate of drug-likeness (QED) is 0.681. The molecule has 0 amide bonds. The fourth-order valence-electron chi connectivity index (χ4n) is 2.41. The molecule has 3 rings (SSSR count). The second kappa shape index (κ2) is 7.21. The number of carboxylic acids is 1. The smallest absolute Gasteiger partial charge is 0.339 e. The van der Waals surface area contributed by atoms with Crippen LogP contribution in [0, 0.1) is 11.3 Å². The Bertz CT molecular complexity index is 939. The molecule has 0 saturated heterocycles. The van der Waals surface area contributed by atoms with Gasteiger partial charge in [-0.2, -0.15) is 5.26 Å². The molecule has 0 saturated carbocycles. The largest absolute Gasteiger partial charge is 0.478 e. The van der Waals surface area contributed by atoms with Crippen LogP contribution in [0.3, 0.4) is 0 Å². The summed E-state index contributed by atoms with van der Waals surface area (Å²) in [5, 5.41) is 20.6. The average molecular weight is 354 g/mol. The first-order valence-electron chi connectivity index (χ1n) is 7.29. The summed E-state index contributed by atoms with van der Waals surface area (Å²) in [6, 6.07) is 10.8. The topological polar surface area (TPSA) is 84.5 Å². The number of nitriles is 1. The molecule has 1 aromatic carbocycles. The summed E-state index contributed by atoms with van der Waals surface area (Å²) in [6.45, 7) is -0.0562. The van der Waals surface area contributed by atoms with E-state index in [0.717, 1.165) is 10.4 Å². The van der Waals surface area contributed by atoms with Crippen LogP contribution in [0.2, 0.25) is 0 Å². The van der Waals surface area contributed by atoms with Gasteiger partial charge >= 0.3 is 5.97 Å². The van der Waals surface area contributed by atoms with Gasteiger partial charge in [0.1, 0.15) is 17.4 Å². The molecule has 1 N–H and O–H groups in total. The second-order valence-corrected chi connectivity index (χ2v) is 6.07. The molecule has 25 heavy (non-hydrogen) atoms. The summed E-state index contributed by atoms with van der Waals surface area (Å²) in [4.78, 5) is 12.3. The third-order valence-electron chi connectivity index (χ3n) is 3.56. The van der Waals surface area contributed by atoms with Gasteiger partial charge in [0.2, 0.25) is 0 Å². The highest BCUT2D eigenvalue weighted by molar-refractivity contribution is 7.13. The van der Waals surface area contributed by atoms with E-state index < -0.39 is 5.97 Å². The van der Waals surface area contributed by atoms with Crippen molar-refractivity contribution in [1.29, 1.82) is 5.26 Å². The van der Waals surface area contributed by atoms with Gasteiger partial charge in [0.25, 0.3) is 0 Å². The lowest BCUT2D eigenvalue weighted by atomic mass is 10.2. The maximum Gasteiger partial charge on any atom is 0.339 e. The van der Waals surface area contributed by atoms with Crippen LogP contribution in [0.5, 0.6) is 5.75 Å². The summed E-state index contributed by atoms with van der Waals surface area (Å²) in [6.07, 6.45) is 3.56. The maximum atomic E-state index is 11.3. The van der Waals surface area contributed by atoms with Crippen molar-refractivity contribution in [3.05, 3.63) is 59.2 Å². The molecule has 0 aliphatic heterocycles. The number of carboxylic acid groups (broad SMARTS) is 1. The summed E-state index contributed by atoms with van der Waals surface area (Å²) >= 11 is 1.55. The number of aromatic nitrogens is 1. The van der Waals surface area contributed by atoms with E-state index in [-0.39, 0.29) is 18.1 Å². The highest BCUT2D eigenvalue weighted by atomic mass is 32.1. The van der Waals surface area contributed by atoms with E-state index in [9.17, 15) is 15.2 Å². The standard InChI is InChI=1S/C18H14N2O4S/c1-23-11-24-16-7-13(4-5-14(16)18(21)22)20-9-12(8-19)15(10-20)17-3-2-6-25-17/h2-7,9-10H,11H2,1H3,(H,21,22). The number of nitrogens with zero attached hydrogens (tertiary/aromatic N) is 2. The third kappa shape index (κ3) is 3.40. The zero-order chi connectivity index (χ0) is 17.8. The zero-order valence-electron chi connectivity index (χ0n) is 13.3. The van der Waals surface area contributed by atoms with Gasteiger partial charge in [-0.1, -0.05) is 6.07 Å². The van der Waals surface area contributed by atoms with Gasteiger partial charge < -0.3 is 19.1 Å². The van der Waals surface area contributed by atoms with Crippen molar-refractivity contribution in [2.75, 3.05) is 13.9 Å². The maximum absolute atomic E-state index is 11.3. The van der Waals surface area contributed by atoms with Crippen LogP contribution in [0.15, 0.2) is 48.1 Å². The van der Waals surface area contributed by atoms with Gasteiger partial charge in [-0.05, 0) is 23.6 Å². The molecule has 6 nitrogen and oxygen atoms in total. The van der Waals surface area contributed by atoms with Crippen LogP contribution >= 0.6 is 11.3 Å². The van der Waals surface area contributed by atoms with Crippen LogP contribution in [0.4, 0.5) is 0 Å². The molecular weight excluding hydrogens is 340 g/mol. The number of thiophene rings is 1. The van der Waals surface area contributed by atoms with Gasteiger partial charge in [0, 0.05) is 41.7 Å². The van der Waals surface area contributed by atoms with Crippen LogP contribution in [0.25, 0.3) is 16.1 Å². The van der Waals surface area contributed by atoms with Gasteiger partial charge in [0.05, 0.1) is 5.56 Å². The fraction of sp³-hybridized carbons (Fsp3) is 0.111. The van der Waals surface area contributed by atoms with E-state index in [2.05, 4.69) is 6.07 Å². The average Bonchev–Trinajstić information content (AvgIpc) is 3.28. The number of rotatable bonds is 6. The van der Waals surface area contributed by atoms with Crippen LogP contribution < -0.4 is 4.74 Å². The monoisotopic (exact) mass is 354 g/mol. The van der Waals surface area contributed by atoms with Crippen LogP contribution in [-0.4, -0.2) is 29.5 Å². The lowest BCUT2D eigenvalue weighted by Gasteiger charge is -2.11. The number of hydrogen-bond acceptors (Lipinski definition) is 5. The molecule has 2 heterocycles. The molecule has 0 fully saturated rings. The minimum absolute atomic E-state index is 0.0481. The Hall–Kier alpha value is -3.08. The number of methoxy groups -OCH3 is 1. The summed E-state index contributed by atoms with van der Waals surface area (Å²) < 4.78 is 12.0. The lowest BCUT2D eigenvalue weighted by Crippen LogP contribution is -2.06. The Labute approximate surface area is 148 Å². The lowest BCUT2D eigenvalue weighted by molar-refractivity contribution is 0.0483. The molecule has 0 radical (unpaired) electrons. The summed E-state index contributed by atoms with van der Waals surface area (Å²) in [5.74, 6) is -0.876. The Morgan fingerprint density at radius 2 is 2.20 bits per heavy atom. The number of hydrogen-bond donors (Lipinski definition) is 1. The molecule has 0 spiro atoms. The number of benzene rings is 1. The molecule has 0 atom stereocenters. The number of aromatic carboxylic acids is 1. The minimum atomic E-state index is -1.08. The number of carbonyl (C=O) groups is 1. The van der Waals surface area contributed by atoms with E-state index >= 15 is 0 Å². The van der Waals surface area contributed by atoms with E-state index in [0.29, 0.717) is 11.3 Å². The van der Waals surface area contributed by atoms with Crippen LogP contribution in [0.1, 0.15) is 15.9 Å². The minimum Gasteiger partial charge on any atom is -0.478 e. The van der Waals surface area contributed by atoms with Crippen molar-refractivity contribution < 1.29 is 19.4 Å². The van der Waals surface area contributed by atoms with E-state index in [4.69, 9.17) is 9.47 Å². The molecular formula is C18H14N2O4S. The van der Waals surface area contributed by atoms with Crippen molar-refractivity contribution in [2.45, 2.75) is 0 Å². The highest BCUT2D eigenvalue weighted by Gasteiger charge is 2.15. The first-order valence-corrected chi connectivity index (χ1v) is 8.17. The van der Waals surface area contributed by atoms with Gasteiger partial charge in [0.15, 0.2) is 6.79 Å². The molecule has 2 aromatic heterocycles. The van der Waals surface area contributed by atoms with Crippen molar-refractivity contribution >= 4 is 17.3 Å². The first-order chi connectivity index (χ1) is 12.1. The first kappa shape index (κ1) is 16.8. The molecule has 0 aliphatic rings. The Morgan fingerprint density at radius 3 is 2.84 bits per heavy atom. The van der Waals surface area contributed by atoms with Gasteiger partial charge in [-0.25, -0.2) is 4.79 Å². The van der Waals surface area contributed by atoms with Crippen molar-refractivity contribution in [3.8, 4) is 27.9 Å². The molecule has 0 aliphatic carbocycles. The van der Waals surface area contributed by atoms with Crippen molar-refractivity contribution in [2.24, 2.45) is 0 Å². The SMILES string of the molecule is COCOc1cc(-n2cc(C#N)c(-c3cccs3)c2)ccc1C(=O)O. The highest BCUT2D eigenvalue weighted by Crippen LogP contribution is 2.31. The van der Waals surface area contributed by atoms with Gasteiger partial charge in [-0.15, -0.1) is 11.3 Å². The molecule has 126 valence electrons. The molecule has 7 heteroatoms. The van der Waals surface area contributed by atoms with Crippen molar-refractivity contribution in [3.63, 3.8) is 0 Å². The molecule has 0 unspecified atom stereocenters. The van der Waals surface area contributed by atoms with E-state index in [1.54, 1.807) is 34.2 Å².